The van der Waals surface area contributed by atoms with Gasteiger partial charge in [-0.1, -0.05) is 337 Å². The maximum atomic E-state index is 15.4. The number of carboxylic acids is 1. The van der Waals surface area contributed by atoms with Gasteiger partial charge in [-0.3, -0.25) is 37.8 Å². The Morgan fingerprint density at radius 2 is 0.727 bits per heavy atom. The van der Waals surface area contributed by atoms with Crippen molar-refractivity contribution in [3.05, 3.63) is 0 Å². The summed E-state index contributed by atoms with van der Waals surface area (Å²) in [5.41, 5.74) is 0. The van der Waals surface area contributed by atoms with Gasteiger partial charge in [-0.2, -0.15) is 0 Å². The number of unbranched alkanes of at least 4 members (excludes halogenated alkanes) is 44. The number of aliphatic hydroxyl groups excluding tert-OH is 7. The molecule has 14 N–H and O–H groups in total. The lowest BCUT2D eigenvalue weighted by molar-refractivity contribution is -0.340. The topological polar surface area (TPSA) is 522 Å². The van der Waals surface area contributed by atoms with Gasteiger partial charge in [0.1, 0.15) is 67.0 Å². The first kappa shape index (κ1) is 122. The van der Waals surface area contributed by atoms with Crippen LogP contribution < -0.4 is 10.6 Å². The van der Waals surface area contributed by atoms with E-state index in [2.05, 4.69) is 52.2 Å². The quantitative estimate of drug-likeness (QED) is 0.0116. The third-order valence-corrected chi connectivity index (χ3v) is 26.1. The molecule has 3 aliphatic rings. The zero-order valence-electron chi connectivity index (χ0n) is 81.1. The standard InChI is InChI=1S/C96H178N2O32P2/c1-7-13-19-25-31-35-41-45-51-57-71(100)63-83(108)126-91-85(97-79(104)65-73(59-53-47-43-37-33-27-21-15-9-3)122-81(106)61-55-49-39-29-23-17-11-5)94(130-132(117,118)119)124-77(88(91)111)69-120-93-86(98-80(105)66-74(60-54-48-44-38-34-28-22-16-10-4)123-82(107)62-56-50-40-30-24-18-12-6)92(127-84(109)64-72(101)58-52-46-42-36-32-26-20-14-8-2)90(129-131(114,115)116)78(125-93)70-121-96(95(112)113)67-75(102)87(110)89(128-96)76(103)68-99/h71-78,85-94,99-103,110-111H,7-70H2,1-6H3,(H,97,104)(H,98,105)(H,112,113)(H2,114,115,116)(H2,117,118,119)/t71-,72-,73-,74-,75-,76+,77+,78-,85+,86-,87-,88+,89-,90-,91+,92-,93-,94+,96-/m1/s1. The van der Waals surface area contributed by atoms with Crippen LogP contribution in [0.5, 0.6) is 0 Å². The van der Waals surface area contributed by atoms with E-state index in [0.29, 0.717) is 57.8 Å². The minimum Gasteiger partial charge on any atom is -0.477 e. The molecule has 0 aliphatic carbocycles. The van der Waals surface area contributed by atoms with Gasteiger partial charge >= 0.3 is 45.5 Å². The van der Waals surface area contributed by atoms with Gasteiger partial charge < -0.3 is 114 Å². The molecule has 0 bridgehead atoms. The van der Waals surface area contributed by atoms with E-state index in [1.807, 2.05) is 0 Å². The molecule has 3 fully saturated rings. The van der Waals surface area contributed by atoms with Crippen molar-refractivity contribution in [1.29, 1.82) is 0 Å². The van der Waals surface area contributed by atoms with E-state index >= 15 is 4.79 Å². The smallest absolute Gasteiger partial charge is 0.472 e. The SMILES string of the molecule is CCCCCCCCCCC[C@@H](O)CC(=O)O[C@@H]1[C@@H](O)[C@H](CO[C@@H]2O[C@H](CO[C@]3(C(=O)O)C[C@@H](O)[C@@H](O)[C@@H]([C@@H](O)CO)O3)[C@@H](OP(=O)(O)O)[C@H](OC(=O)C[C@H](O)CCCCCCCCCCC)[C@H]2NC(=O)C[C@@H](CCCCCCCCCCC)OC(=O)CCCCCCCCC)O[C@@H](OP(=O)(O)O)[C@H]1NC(=O)C[C@@H](CCCCCCCCCCC)OC(=O)CCCCCCCCC. The molecule has 0 radical (unpaired) electrons. The maximum absolute atomic E-state index is 15.4. The van der Waals surface area contributed by atoms with Crippen LogP contribution >= 0.6 is 15.6 Å². The van der Waals surface area contributed by atoms with Crippen molar-refractivity contribution in [2.75, 3.05) is 19.8 Å². The lowest BCUT2D eigenvalue weighted by atomic mass is 9.92. The van der Waals surface area contributed by atoms with Gasteiger partial charge in [-0.25, -0.2) is 13.9 Å². The van der Waals surface area contributed by atoms with E-state index in [0.717, 1.165) is 263 Å². The summed E-state index contributed by atoms with van der Waals surface area (Å²) in [7, 11) is -11.8. The second kappa shape index (κ2) is 73.2. The largest absolute Gasteiger partial charge is 0.477 e. The second-order valence-corrected chi connectivity index (χ2v) is 39.6. The van der Waals surface area contributed by atoms with E-state index in [1.54, 1.807) is 0 Å². The van der Waals surface area contributed by atoms with Gasteiger partial charge in [-0.15, -0.1) is 0 Å². The van der Waals surface area contributed by atoms with Gasteiger partial charge in [-0.05, 0) is 51.4 Å². The Morgan fingerprint density at radius 1 is 0.394 bits per heavy atom. The number of hydrogen-bond acceptors (Lipinski definition) is 27. The second-order valence-electron chi connectivity index (χ2n) is 37.2. The Balaban J connectivity index is 2.39. The van der Waals surface area contributed by atoms with Crippen molar-refractivity contribution < 1.29 is 155 Å². The number of aliphatic hydroxyl groups is 7. The molecule has 0 aromatic heterocycles. The molecule has 19 atom stereocenters. The number of esters is 4. The minimum atomic E-state index is -5.99. The van der Waals surface area contributed by atoms with Crippen molar-refractivity contribution in [2.24, 2.45) is 0 Å². The van der Waals surface area contributed by atoms with Crippen molar-refractivity contribution in [2.45, 2.75) is 549 Å². The van der Waals surface area contributed by atoms with Crippen LogP contribution in [0.15, 0.2) is 0 Å². The number of ether oxygens (including phenoxy) is 9. The van der Waals surface area contributed by atoms with E-state index in [4.69, 9.17) is 51.7 Å². The number of amides is 2. The van der Waals surface area contributed by atoms with Gasteiger partial charge in [0.15, 0.2) is 24.8 Å². The molecule has 774 valence electrons. The zero-order chi connectivity index (χ0) is 97.4. The highest BCUT2D eigenvalue weighted by molar-refractivity contribution is 7.46. The number of phosphoric ester groups is 2. The fraction of sp³-hybridized carbons (Fsp3) is 0.927. The van der Waals surface area contributed by atoms with Crippen LogP contribution in [0.2, 0.25) is 0 Å². The van der Waals surface area contributed by atoms with Crippen molar-refractivity contribution in [3.63, 3.8) is 0 Å². The van der Waals surface area contributed by atoms with Crippen LogP contribution in [0.25, 0.3) is 0 Å². The Kier molecular flexibility index (Phi) is 67.8. The number of carbonyl (C=O) groups is 7. The highest BCUT2D eigenvalue weighted by Gasteiger charge is 2.59. The first-order valence-electron chi connectivity index (χ1n) is 51.3. The van der Waals surface area contributed by atoms with E-state index in [1.165, 1.54) is 0 Å². The molecule has 3 rings (SSSR count). The molecule has 2 amide bonds. The summed E-state index contributed by atoms with van der Waals surface area (Å²) in [4.78, 5) is 144. The normalized spacial score (nSPS) is 23.5. The first-order chi connectivity index (χ1) is 63.3. The van der Waals surface area contributed by atoms with E-state index in [-0.39, 0.29) is 38.5 Å². The Bertz CT molecular complexity index is 3120. The van der Waals surface area contributed by atoms with Gasteiger partial charge in [0.25, 0.3) is 5.79 Å². The average molecular weight is 1930 g/mol. The molecule has 3 saturated heterocycles. The molecule has 34 nitrogen and oxygen atoms in total. The van der Waals surface area contributed by atoms with E-state index in [9.17, 15) is 98.3 Å². The number of carbonyl (C=O) groups excluding carboxylic acids is 6. The molecular formula is C96H178N2O32P2. The predicted molar refractivity (Wildman–Crippen MR) is 497 cm³/mol. The molecule has 0 aromatic carbocycles. The number of hydrogen-bond donors (Lipinski definition) is 14. The number of rotatable bonds is 83. The van der Waals surface area contributed by atoms with Crippen LogP contribution in [-0.4, -0.2) is 238 Å². The van der Waals surface area contributed by atoms with Crippen LogP contribution in [0, 0.1) is 0 Å². The highest BCUT2D eigenvalue weighted by atomic mass is 31.2. The fourth-order valence-corrected chi connectivity index (χ4v) is 18.4. The lowest BCUT2D eigenvalue weighted by Crippen LogP contribution is -2.68. The highest BCUT2D eigenvalue weighted by Crippen LogP contribution is 2.45. The summed E-state index contributed by atoms with van der Waals surface area (Å²) in [5, 5.41) is 95.1. The molecule has 0 spiro atoms. The summed E-state index contributed by atoms with van der Waals surface area (Å²) in [6.45, 7) is 9.05. The van der Waals surface area contributed by atoms with Gasteiger partial charge in [0.2, 0.25) is 11.8 Å². The van der Waals surface area contributed by atoms with Crippen LogP contribution in [0.4, 0.5) is 0 Å². The summed E-state index contributed by atoms with van der Waals surface area (Å²) in [5.74, 6) is -10.9. The van der Waals surface area contributed by atoms with Crippen molar-refractivity contribution in [1.82, 2.24) is 10.6 Å². The third kappa shape index (κ3) is 55.1. The summed E-state index contributed by atoms with van der Waals surface area (Å²) >= 11 is 0. The molecule has 36 heteroatoms. The average Bonchev–Trinajstić information content (AvgIpc) is 0.771. The summed E-state index contributed by atoms with van der Waals surface area (Å²) < 4.78 is 92.8. The van der Waals surface area contributed by atoms with Crippen LogP contribution in [0.3, 0.4) is 0 Å². The number of aliphatic carboxylic acids is 1. The maximum Gasteiger partial charge on any atom is 0.472 e. The van der Waals surface area contributed by atoms with Gasteiger partial charge in [0.05, 0.1) is 63.8 Å². The third-order valence-electron chi connectivity index (χ3n) is 25.1. The monoisotopic (exact) mass is 1930 g/mol. The molecular weight excluding hydrogens is 1750 g/mol. The summed E-state index contributed by atoms with van der Waals surface area (Å²) in [6.07, 6.45) is 10.9. The predicted octanol–water partition coefficient (Wildman–Crippen LogP) is 15.9. The van der Waals surface area contributed by atoms with Crippen LogP contribution in [0.1, 0.15) is 433 Å². The summed E-state index contributed by atoms with van der Waals surface area (Å²) in [6, 6.07) is -4.24. The number of nitrogens with one attached hydrogen (secondary N) is 2. The zero-order valence-corrected chi connectivity index (χ0v) is 82.9. The van der Waals surface area contributed by atoms with Crippen molar-refractivity contribution >= 4 is 57.3 Å². The van der Waals surface area contributed by atoms with Crippen LogP contribution in [-0.2, 0) is 94.4 Å². The lowest BCUT2D eigenvalue weighted by Gasteiger charge is -2.48. The van der Waals surface area contributed by atoms with Crippen molar-refractivity contribution in [3.8, 4) is 0 Å². The first-order valence-corrected chi connectivity index (χ1v) is 54.3. The fourth-order valence-electron chi connectivity index (χ4n) is 17.4. The molecule has 0 unspecified atom stereocenters. The Hall–Kier alpha value is -3.97. The molecule has 0 saturated carbocycles. The molecule has 3 heterocycles. The Labute approximate surface area is 788 Å². The number of phosphoric acid groups is 2. The number of carboxylic acid groups (broad SMARTS) is 1. The molecule has 132 heavy (non-hydrogen) atoms. The molecule has 0 aromatic rings. The van der Waals surface area contributed by atoms with E-state index < -0.39 is 225 Å². The molecule has 3 aliphatic heterocycles. The van der Waals surface area contributed by atoms with Gasteiger partial charge in [0, 0.05) is 19.3 Å². The minimum absolute atomic E-state index is 0.000451. The Morgan fingerprint density at radius 3 is 1.08 bits per heavy atom.